The minimum absolute atomic E-state index is 0.0446. The van der Waals surface area contributed by atoms with Crippen molar-refractivity contribution in [3.05, 3.63) is 94.1 Å². The lowest BCUT2D eigenvalue weighted by Crippen LogP contribution is -2.20. The number of rotatable bonds is 8. The molecule has 0 amide bonds. The number of hydrogen-bond donors (Lipinski definition) is 1. The van der Waals surface area contributed by atoms with Gasteiger partial charge in [-0.1, -0.05) is 18.2 Å². The fourth-order valence-corrected chi connectivity index (χ4v) is 6.10. The predicted molar refractivity (Wildman–Crippen MR) is 147 cm³/mol. The van der Waals surface area contributed by atoms with Crippen LogP contribution in [0.15, 0.2) is 42.5 Å². The van der Waals surface area contributed by atoms with Gasteiger partial charge >= 0.3 is 0 Å². The fraction of sp³-hybridized carbons (Fsp3) is 0.394. The van der Waals surface area contributed by atoms with Crippen molar-refractivity contribution < 1.29 is 40.9 Å². The Morgan fingerprint density at radius 1 is 0.667 bits per heavy atom. The van der Waals surface area contributed by atoms with Gasteiger partial charge < -0.3 is 14.6 Å². The van der Waals surface area contributed by atoms with Crippen LogP contribution in [0.3, 0.4) is 0 Å². The average Bonchev–Trinajstić information content (AvgIpc) is 3.00. The molecule has 1 saturated carbocycles. The number of allylic oxidation sites excluding steroid dienone is 2. The first-order valence-electron chi connectivity index (χ1n) is 14.3. The Morgan fingerprint density at radius 2 is 1.29 bits per heavy atom. The second kappa shape index (κ2) is 12.7. The molecule has 1 unspecified atom stereocenters. The Labute approximate surface area is 240 Å². The van der Waals surface area contributed by atoms with E-state index in [-0.39, 0.29) is 59.2 Å². The van der Waals surface area contributed by atoms with Crippen molar-refractivity contribution in [3.63, 3.8) is 0 Å². The summed E-state index contributed by atoms with van der Waals surface area (Å²) in [7, 11) is 0. The normalized spacial score (nSPS) is 20.7. The van der Waals surface area contributed by atoms with Gasteiger partial charge in [-0.25, -0.2) is 13.2 Å². The van der Waals surface area contributed by atoms with Crippen LogP contribution in [0.5, 0.6) is 17.2 Å². The standard InChI is InChI=1S/C33H32F6O3/c1-2-41-26-15-12-23(29(35)32(26)38)20-7-9-21(10-8-20)24-13-16-27(33(39)30(24)36)42-17-18-3-5-19(6-4-18)22-11-14-25(40)31(37)28(22)34/h7,11-16,18-19,21,40H,2-6,8-10,17H2,1H3. The van der Waals surface area contributed by atoms with Gasteiger partial charge in [0.1, 0.15) is 0 Å². The lowest BCUT2D eigenvalue weighted by molar-refractivity contribution is 0.191. The highest BCUT2D eigenvalue weighted by molar-refractivity contribution is 5.68. The van der Waals surface area contributed by atoms with Crippen molar-refractivity contribution in [1.82, 2.24) is 0 Å². The number of phenols is 1. The maximum atomic E-state index is 15.1. The Balaban J connectivity index is 1.18. The van der Waals surface area contributed by atoms with Crippen LogP contribution in [0.4, 0.5) is 26.3 Å². The molecule has 2 aliphatic carbocycles. The molecule has 0 radical (unpaired) electrons. The average molecular weight is 591 g/mol. The highest BCUT2D eigenvalue weighted by atomic mass is 19.2. The van der Waals surface area contributed by atoms with E-state index in [9.17, 15) is 27.1 Å². The van der Waals surface area contributed by atoms with Gasteiger partial charge in [0.2, 0.25) is 17.5 Å². The molecule has 3 aromatic carbocycles. The molecule has 224 valence electrons. The maximum Gasteiger partial charge on any atom is 0.201 e. The molecule has 0 heterocycles. The summed E-state index contributed by atoms with van der Waals surface area (Å²) in [5.41, 5.74) is 1.19. The molecule has 0 spiro atoms. The molecule has 3 nitrogen and oxygen atoms in total. The summed E-state index contributed by atoms with van der Waals surface area (Å²) in [5.74, 6) is -7.91. The van der Waals surface area contributed by atoms with Crippen LogP contribution in [-0.4, -0.2) is 18.3 Å². The zero-order chi connectivity index (χ0) is 30.0. The molecule has 0 aliphatic heterocycles. The van der Waals surface area contributed by atoms with Crippen molar-refractivity contribution >= 4 is 5.57 Å². The van der Waals surface area contributed by atoms with E-state index in [1.54, 1.807) is 13.0 Å². The van der Waals surface area contributed by atoms with Gasteiger partial charge in [-0.3, -0.25) is 0 Å². The topological polar surface area (TPSA) is 38.7 Å². The Hall–Kier alpha value is -3.62. The van der Waals surface area contributed by atoms with Crippen LogP contribution in [0.2, 0.25) is 0 Å². The fourth-order valence-electron chi connectivity index (χ4n) is 6.10. The van der Waals surface area contributed by atoms with E-state index in [1.807, 2.05) is 0 Å². The zero-order valence-electron chi connectivity index (χ0n) is 23.2. The third-order valence-electron chi connectivity index (χ3n) is 8.47. The van der Waals surface area contributed by atoms with Crippen LogP contribution < -0.4 is 9.47 Å². The highest BCUT2D eigenvalue weighted by Gasteiger charge is 2.29. The minimum Gasteiger partial charge on any atom is -0.505 e. The molecule has 5 rings (SSSR count). The van der Waals surface area contributed by atoms with Crippen LogP contribution >= 0.6 is 0 Å². The van der Waals surface area contributed by atoms with E-state index in [2.05, 4.69) is 0 Å². The third-order valence-corrected chi connectivity index (χ3v) is 8.47. The van der Waals surface area contributed by atoms with Crippen molar-refractivity contribution in [1.29, 1.82) is 0 Å². The highest BCUT2D eigenvalue weighted by Crippen LogP contribution is 2.41. The monoisotopic (exact) mass is 590 g/mol. The number of halogens is 6. The van der Waals surface area contributed by atoms with Gasteiger partial charge in [0.05, 0.1) is 13.2 Å². The Bertz CT molecular complexity index is 1480. The first-order valence-corrected chi connectivity index (χ1v) is 14.3. The van der Waals surface area contributed by atoms with Crippen LogP contribution in [0, 0.1) is 40.8 Å². The molecule has 1 N–H and O–H groups in total. The number of benzene rings is 3. The molecule has 2 aliphatic rings. The number of ether oxygens (including phenoxy) is 2. The number of hydrogen-bond acceptors (Lipinski definition) is 3. The Morgan fingerprint density at radius 3 is 1.98 bits per heavy atom. The molecule has 1 fully saturated rings. The van der Waals surface area contributed by atoms with Crippen molar-refractivity contribution in [2.45, 2.75) is 63.7 Å². The largest absolute Gasteiger partial charge is 0.505 e. The second-order valence-corrected chi connectivity index (χ2v) is 11.0. The molecule has 1 atom stereocenters. The lowest BCUT2D eigenvalue weighted by atomic mass is 9.79. The lowest BCUT2D eigenvalue weighted by Gasteiger charge is -2.29. The Kier molecular flexibility index (Phi) is 9.04. The molecular formula is C33H32F6O3. The van der Waals surface area contributed by atoms with Gasteiger partial charge in [0, 0.05) is 5.56 Å². The quantitative estimate of drug-likeness (QED) is 0.266. The predicted octanol–water partition coefficient (Wildman–Crippen LogP) is 9.33. The van der Waals surface area contributed by atoms with E-state index in [0.717, 1.165) is 6.07 Å². The van der Waals surface area contributed by atoms with E-state index >= 15 is 4.39 Å². The second-order valence-electron chi connectivity index (χ2n) is 11.0. The molecule has 0 bridgehead atoms. The van der Waals surface area contributed by atoms with Crippen LogP contribution in [-0.2, 0) is 0 Å². The summed E-state index contributed by atoms with van der Waals surface area (Å²) in [5, 5.41) is 9.35. The van der Waals surface area contributed by atoms with Gasteiger partial charge in [0.15, 0.2) is 34.7 Å². The summed E-state index contributed by atoms with van der Waals surface area (Å²) in [6, 6.07) is 8.33. The van der Waals surface area contributed by atoms with Crippen molar-refractivity contribution in [2.75, 3.05) is 13.2 Å². The van der Waals surface area contributed by atoms with E-state index in [1.165, 1.54) is 30.3 Å². The van der Waals surface area contributed by atoms with Crippen LogP contribution in [0.25, 0.3) is 5.57 Å². The smallest absolute Gasteiger partial charge is 0.201 e. The number of aromatic hydroxyl groups is 1. The summed E-state index contributed by atoms with van der Waals surface area (Å²) in [4.78, 5) is 0. The van der Waals surface area contributed by atoms with Crippen LogP contribution in [0.1, 0.15) is 80.4 Å². The molecule has 0 aromatic heterocycles. The molecular weight excluding hydrogens is 558 g/mol. The first kappa shape index (κ1) is 29.9. The molecule has 0 saturated heterocycles. The van der Waals surface area contributed by atoms with Gasteiger partial charge in [-0.15, -0.1) is 0 Å². The third kappa shape index (κ3) is 5.96. The van der Waals surface area contributed by atoms with E-state index in [0.29, 0.717) is 50.5 Å². The SMILES string of the molecule is CCOc1ccc(C2=CCC(c3ccc(OCC4CCC(c5ccc(O)c(F)c5F)CC4)c(F)c3F)CC2)c(F)c1F. The minimum atomic E-state index is -1.25. The van der Waals surface area contributed by atoms with Crippen molar-refractivity contribution in [3.8, 4) is 17.2 Å². The van der Waals surface area contributed by atoms with Gasteiger partial charge in [-0.05, 0) is 111 Å². The van der Waals surface area contributed by atoms with Crippen molar-refractivity contribution in [2.24, 2.45) is 5.92 Å². The van der Waals surface area contributed by atoms with Gasteiger partial charge in [-0.2, -0.15) is 13.2 Å². The summed E-state index contributed by atoms with van der Waals surface area (Å²) in [6.07, 6.45) is 5.33. The maximum absolute atomic E-state index is 15.1. The molecule has 3 aromatic rings. The van der Waals surface area contributed by atoms with E-state index in [4.69, 9.17) is 9.47 Å². The summed E-state index contributed by atoms with van der Waals surface area (Å²) < 4.78 is 97.8. The number of phenolic OH excluding ortho intramolecular Hbond substituents is 1. The zero-order valence-corrected chi connectivity index (χ0v) is 23.2. The summed E-state index contributed by atoms with van der Waals surface area (Å²) >= 11 is 0. The molecule has 9 heteroatoms. The summed E-state index contributed by atoms with van der Waals surface area (Å²) in [6.45, 7) is 2.05. The first-order chi connectivity index (χ1) is 20.2. The van der Waals surface area contributed by atoms with Gasteiger partial charge in [0.25, 0.3) is 0 Å². The molecule has 42 heavy (non-hydrogen) atoms. The van der Waals surface area contributed by atoms with E-state index < -0.39 is 40.7 Å².